The topological polar surface area (TPSA) is 104 Å². The average Bonchev–Trinajstić information content (AvgIpc) is 2.79. The molecule has 2 rings (SSSR count). The summed E-state index contributed by atoms with van der Waals surface area (Å²) in [5.74, 6) is -0.298. The van der Waals surface area contributed by atoms with Gasteiger partial charge in [0.25, 0.3) is 0 Å². The minimum Gasteiger partial charge on any atom is -0.481 e. The minimum atomic E-state index is -3.25. The van der Waals surface area contributed by atoms with Crippen molar-refractivity contribution in [3.05, 3.63) is 0 Å². The van der Waals surface area contributed by atoms with Crippen molar-refractivity contribution in [2.45, 2.75) is 18.5 Å². The van der Waals surface area contributed by atoms with Crippen LogP contribution in [0, 0.1) is 0 Å². The second-order valence-electron chi connectivity index (χ2n) is 4.67. The molecule has 0 spiro atoms. The van der Waals surface area contributed by atoms with Crippen molar-refractivity contribution >= 4 is 33.5 Å². The molecule has 2 heterocycles. The molecular weight excluding hydrogens is 292 g/mol. The summed E-state index contributed by atoms with van der Waals surface area (Å²) in [6, 6.07) is -1.08. The number of carboxylic acid groups (broad SMARTS) is 1. The first-order chi connectivity index (χ1) is 8.89. The maximum absolute atomic E-state index is 12.3. The van der Waals surface area contributed by atoms with Crippen molar-refractivity contribution in [2.24, 2.45) is 0 Å². The van der Waals surface area contributed by atoms with Crippen molar-refractivity contribution in [1.82, 2.24) is 10.2 Å². The summed E-state index contributed by atoms with van der Waals surface area (Å²) in [7, 11) is -3.25. The quantitative estimate of drug-likeness (QED) is 0.671. The molecule has 0 bridgehead atoms. The summed E-state index contributed by atoms with van der Waals surface area (Å²) < 4.78 is 23.2. The van der Waals surface area contributed by atoms with Crippen LogP contribution in [0.15, 0.2) is 0 Å². The summed E-state index contributed by atoms with van der Waals surface area (Å²) in [4.78, 5) is 24.5. The molecule has 1 amide bonds. The number of nitrogens with one attached hydrogen (secondary N) is 1. The Kier molecular flexibility index (Phi) is 4.36. The van der Waals surface area contributed by atoms with Crippen LogP contribution < -0.4 is 5.32 Å². The van der Waals surface area contributed by atoms with E-state index >= 15 is 0 Å². The molecule has 2 atom stereocenters. The zero-order valence-corrected chi connectivity index (χ0v) is 11.9. The highest BCUT2D eigenvalue weighted by Gasteiger charge is 2.38. The van der Waals surface area contributed by atoms with Crippen LogP contribution in [0.4, 0.5) is 0 Å². The molecule has 19 heavy (non-hydrogen) atoms. The lowest BCUT2D eigenvalue weighted by Gasteiger charge is -2.36. The van der Waals surface area contributed by atoms with Crippen LogP contribution in [0.25, 0.3) is 0 Å². The fraction of sp³-hybridized carbons (Fsp3) is 0.800. The van der Waals surface area contributed by atoms with E-state index < -0.39 is 21.8 Å². The van der Waals surface area contributed by atoms with Crippen molar-refractivity contribution in [1.29, 1.82) is 0 Å². The first-order valence-electron chi connectivity index (χ1n) is 5.93. The molecule has 2 saturated heterocycles. The molecule has 2 unspecified atom stereocenters. The Morgan fingerprint density at radius 1 is 1.42 bits per heavy atom. The van der Waals surface area contributed by atoms with Gasteiger partial charge in [-0.1, -0.05) is 0 Å². The normalized spacial score (nSPS) is 30.2. The van der Waals surface area contributed by atoms with Gasteiger partial charge in [0.15, 0.2) is 9.84 Å². The Hall–Kier alpha value is -0.800. The number of thioether (sulfide) groups is 1. The number of hydrogen-bond acceptors (Lipinski definition) is 6. The van der Waals surface area contributed by atoms with Gasteiger partial charge in [-0.05, 0) is 0 Å². The Morgan fingerprint density at radius 2 is 2.16 bits per heavy atom. The van der Waals surface area contributed by atoms with Crippen LogP contribution in [-0.4, -0.2) is 72.1 Å². The van der Waals surface area contributed by atoms with E-state index in [0.717, 1.165) is 0 Å². The number of hydrogen-bond donors (Lipinski definition) is 2. The molecule has 2 aliphatic rings. The Bertz CT molecular complexity index is 472. The number of carboxylic acids is 1. The maximum Gasteiger partial charge on any atom is 0.305 e. The highest BCUT2D eigenvalue weighted by molar-refractivity contribution is 7.99. The molecule has 0 aromatic rings. The van der Waals surface area contributed by atoms with Crippen molar-refractivity contribution in [3.63, 3.8) is 0 Å². The predicted octanol–water partition coefficient (Wildman–Crippen LogP) is -1.25. The van der Waals surface area contributed by atoms with E-state index in [1.54, 1.807) is 11.8 Å². The second kappa shape index (κ2) is 5.68. The van der Waals surface area contributed by atoms with Crippen LogP contribution in [0.1, 0.15) is 6.42 Å². The highest BCUT2D eigenvalue weighted by Crippen LogP contribution is 2.19. The zero-order chi connectivity index (χ0) is 14.0. The van der Waals surface area contributed by atoms with Gasteiger partial charge in [-0.2, -0.15) is 0 Å². The van der Waals surface area contributed by atoms with Gasteiger partial charge in [-0.3, -0.25) is 14.9 Å². The Morgan fingerprint density at radius 3 is 2.74 bits per heavy atom. The lowest BCUT2D eigenvalue weighted by Crippen LogP contribution is -2.56. The largest absolute Gasteiger partial charge is 0.481 e. The standard InChI is InChI=1S/C10H16N2O5S2/c13-9(14)3-7-5-19(16,17)2-1-12(7)10(15)8-4-18-6-11-8/h7-8,11H,1-6H2,(H,13,14). The van der Waals surface area contributed by atoms with E-state index in [2.05, 4.69) is 5.32 Å². The van der Waals surface area contributed by atoms with Gasteiger partial charge in [0.2, 0.25) is 5.91 Å². The molecule has 2 fully saturated rings. The monoisotopic (exact) mass is 308 g/mol. The van der Waals surface area contributed by atoms with E-state index in [1.807, 2.05) is 0 Å². The van der Waals surface area contributed by atoms with E-state index in [0.29, 0.717) is 11.6 Å². The van der Waals surface area contributed by atoms with Gasteiger partial charge < -0.3 is 10.0 Å². The van der Waals surface area contributed by atoms with Gasteiger partial charge in [0.05, 0.1) is 30.0 Å². The van der Waals surface area contributed by atoms with Crippen molar-refractivity contribution in [3.8, 4) is 0 Å². The summed E-state index contributed by atoms with van der Waals surface area (Å²) in [6.07, 6.45) is -0.329. The van der Waals surface area contributed by atoms with Crippen molar-refractivity contribution < 1.29 is 23.1 Å². The molecule has 0 aromatic carbocycles. The van der Waals surface area contributed by atoms with E-state index in [1.165, 1.54) is 4.90 Å². The lowest BCUT2D eigenvalue weighted by molar-refractivity contribution is -0.140. The van der Waals surface area contributed by atoms with Crippen LogP contribution in [0.3, 0.4) is 0 Å². The van der Waals surface area contributed by atoms with Crippen LogP contribution in [0.2, 0.25) is 0 Å². The number of nitrogens with zero attached hydrogens (tertiary/aromatic N) is 1. The van der Waals surface area contributed by atoms with Crippen molar-refractivity contribution in [2.75, 3.05) is 29.7 Å². The Balaban J connectivity index is 2.11. The van der Waals surface area contributed by atoms with E-state index in [9.17, 15) is 18.0 Å². The molecule has 0 aliphatic carbocycles. The highest BCUT2D eigenvalue weighted by atomic mass is 32.2. The second-order valence-corrected chi connectivity index (χ2v) is 7.93. The van der Waals surface area contributed by atoms with Gasteiger partial charge in [-0.15, -0.1) is 11.8 Å². The summed E-state index contributed by atoms with van der Waals surface area (Å²) >= 11 is 1.60. The lowest BCUT2D eigenvalue weighted by atomic mass is 10.1. The maximum atomic E-state index is 12.3. The molecule has 0 aromatic heterocycles. The summed E-state index contributed by atoms with van der Waals surface area (Å²) in [6.45, 7) is 0.0853. The first-order valence-corrected chi connectivity index (χ1v) is 8.90. The number of carbonyl (C=O) groups is 2. The predicted molar refractivity (Wildman–Crippen MR) is 70.7 cm³/mol. The molecular formula is C10H16N2O5S2. The first kappa shape index (κ1) is 14.6. The molecule has 0 saturated carbocycles. The third-order valence-electron chi connectivity index (χ3n) is 3.24. The minimum absolute atomic E-state index is 0.0853. The smallest absolute Gasteiger partial charge is 0.305 e. The fourth-order valence-corrected chi connectivity index (χ4v) is 4.76. The third-order valence-corrected chi connectivity index (χ3v) is 5.88. The number of rotatable bonds is 3. The van der Waals surface area contributed by atoms with Gasteiger partial charge >= 0.3 is 5.97 Å². The van der Waals surface area contributed by atoms with E-state index in [4.69, 9.17) is 5.11 Å². The molecule has 0 radical (unpaired) electrons. The van der Waals surface area contributed by atoms with Crippen LogP contribution in [0.5, 0.6) is 0 Å². The molecule has 2 N–H and O–H groups in total. The molecule has 9 heteroatoms. The van der Waals surface area contributed by atoms with Gasteiger partial charge in [0.1, 0.15) is 0 Å². The average molecular weight is 308 g/mol. The number of amides is 1. The summed E-state index contributed by atoms with van der Waals surface area (Å²) in [5.41, 5.74) is 0. The number of carbonyl (C=O) groups excluding carboxylic acids is 1. The van der Waals surface area contributed by atoms with Crippen LogP contribution in [-0.2, 0) is 19.4 Å². The fourth-order valence-electron chi connectivity index (χ4n) is 2.30. The number of aliphatic carboxylic acids is 1. The molecule has 108 valence electrons. The molecule has 7 nitrogen and oxygen atoms in total. The third kappa shape index (κ3) is 3.61. The molecule has 2 aliphatic heterocycles. The van der Waals surface area contributed by atoms with Crippen LogP contribution >= 0.6 is 11.8 Å². The zero-order valence-electron chi connectivity index (χ0n) is 10.2. The van der Waals surface area contributed by atoms with E-state index in [-0.39, 0.29) is 36.4 Å². The summed E-state index contributed by atoms with van der Waals surface area (Å²) in [5, 5.41) is 11.9. The Labute approximate surface area is 115 Å². The van der Waals surface area contributed by atoms with Gasteiger partial charge in [0, 0.05) is 18.2 Å². The van der Waals surface area contributed by atoms with Gasteiger partial charge in [-0.25, -0.2) is 8.42 Å². The number of sulfone groups is 1. The SMILES string of the molecule is O=C(O)CC1CS(=O)(=O)CCN1C(=O)C1CSCN1.